The number of rotatable bonds is 4. The van der Waals surface area contributed by atoms with Crippen LogP contribution in [0, 0.1) is 0 Å². The zero-order valence-electron chi connectivity index (χ0n) is 13.4. The van der Waals surface area contributed by atoms with Crippen LogP contribution in [-0.2, 0) is 5.60 Å². The number of nitrogens with one attached hydrogen (secondary N) is 1. The van der Waals surface area contributed by atoms with Gasteiger partial charge in [0.1, 0.15) is 16.6 Å². The highest BCUT2D eigenvalue weighted by Gasteiger charge is 2.26. The van der Waals surface area contributed by atoms with E-state index in [0.29, 0.717) is 11.1 Å². The summed E-state index contributed by atoms with van der Waals surface area (Å²) in [6.07, 6.45) is 0. The van der Waals surface area contributed by atoms with E-state index in [0.717, 1.165) is 32.2 Å². The van der Waals surface area contributed by atoms with Gasteiger partial charge in [-0.2, -0.15) is 8.75 Å². The van der Waals surface area contributed by atoms with E-state index in [9.17, 15) is 9.90 Å². The molecule has 126 valence electrons. The zero-order chi connectivity index (χ0) is 17.4. The molecule has 0 saturated heterocycles. The van der Waals surface area contributed by atoms with E-state index < -0.39 is 5.60 Å². The molecule has 0 aliphatic carbocycles. The topological polar surface area (TPSA) is 75.1 Å². The molecule has 2 N–H and O–H groups in total. The SMILES string of the molecule is C[C@](O)(CNC(=O)c1ccc2nsnc2c1)c1cc2ccccc2s1. The minimum absolute atomic E-state index is 0.131. The van der Waals surface area contributed by atoms with Crippen molar-refractivity contribution in [3.8, 4) is 0 Å². The lowest BCUT2D eigenvalue weighted by Crippen LogP contribution is -2.38. The third kappa shape index (κ3) is 3.13. The van der Waals surface area contributed by atoms with Gasteiger partial charge in [0, 0.05) is 15.1 Å². The third-order valence-electron chi connectivity index (χ3n) is 4.07. The maximum Gasteiger partial charge on any atom is 0.251 e. The average molecular weight is 369 g/mol. The Hall–Kier alpha value is -2.35. The monoisotopic (exact) mass is 369 g/mol. The Kier molecular flexibility index (Phi) is 3.99. The van der Waals surface area contributed by atoms with Gasteiger partial charge in [-0.15, -0.1) is 11.3 Å². The molecule has 0 radical (unpaired) electrons. The van der Waals surface area contributed by atoms with Crippen molar-refractivity contribution in [3.63, 3.8) is 0 Å². The molecule has 2 aromatic heterocycles. The fourth-order valence-electron chi connectivity index (χ4n) is 2.61. The van der Waals surface area contributed by atoms with Crippen molar-refractivity contribution in [2.75, 3.05) is 6.54 Å². The number of benzene rings is 2. The maximum absolute atomic E-state index is 12.4. The van der Waals surface area contributed by atoms with Crippen molar-refractivity contribution in [2.45, 2.75) is 12.5 Å². The van der Waals surface area contributed by atoms with Crippen LogP contribution in [0.2, 0.25) is 0 Å². The van der Waals surface area contributed by atoms with E-state index in [1.807, 2.05) is 30.3 Å². The summed E-state index contributed by atoms with van der Waals surface area (Å²) in [4.78, 5) is 13.2. The minimum atomic E-state index is -1.13. The van der Waals surface area contributed by atoms with Gasteiger partial charge in [-0.3, -0.25) is 4.79 Å². The van der Waals surface area contributed by atoms with Crippen molar-refractivity contribution in [2.24, 2.45) is 0 Å². The Balaban J connectivity index is 1.51. The lowest BCUT2D eigenvalue weighted by Gasteiger charge is -2.22. The predicted octanol–water partition coefficient (Wildman–Crippen LogP) is 3.54. The number of hydrogen-bond acceptors (Lipinski definition) is 6. The molecule has 2 heterocycles. The van der Waals surface area contributed by atoms with Crippen LogP contribution in [0.15, 0.2) is 48.5 Å². The Morgan fingerprint density at radius 3 is 2.80 bits per heavy atom. The van der Waals surface area contributed by atoms with E-state index in [1.54, 1.807) is 25.1 Å². The van der Waals surface area contributed by atoms with Gasteiger partial charge in [-0.05, 0) is 42.6 Å². The second kappa shape index (κ2) is 6.18. The average Bonchev–Trinajstić information content (AvgIpc) is 3.25. The highest BCUT2D eigenvalue weighted by Crippen LogP contribution is 2.32. The highest BCUT2D eigenvalue weighted by molar-refractivity contribution is 7.19. The standard InChI is InChI=1S/C18H15N3O2S2/c1-18(23,16-9-11-4-2-3-5-15(11)24-16)10-19-17(22)12-6-7-13-14(8-12)21-25-20-13/h2-9,23H,10H2,1H3,(H,19,22)/t18-/m0/s1. The van der Waals surface area contributed by atoms with Crippen molar-refractivity contribution < 1.29 is 9.90 Å². The number of aromatic nitrogens is 2. The van der Waals surface area contributed by atoms with E-state index >= 15 is 0 Å². The van der Waals surface area contributed by atoms with E-state index in [1.165, 1.54) is 11.3 Å². The van der Waals surface area contributed by atoms with Gasteiger partial charge < -0.3 is 10.4 Å². The minimum Gasteiger partial charge on any atom is -0.383 e. The summed E-state index contributed by atoms with van der Waals surface area (Å²) < 4.78 is 9.39. The lowest BCUT2D eigenvalue weighted by molar-refractivity contribution is 0.0557. The molecule has 2 aromatic carbocycles. The van der Waals surface area contributed by atoms with E-state index in [4.69, 9.17) is 0 Å². The lowest BCUT2D eigenvalue weighted by atomic mass is 10.0. The Bertz CT molecular complexity index is 1040. The first-order valence-corrected chi connectivity index (χ1v) is 9.29. The Morgan fingerprint density at radius 1 is 1.16 bits per heavy atom. The predicted molar refractivity (Wildman–Crippen MR) is 101 cm³/mol. The molecule has 0 bridgehead atoms. The number of amides is 1. The van der Waals surface area contributed by atoms with Gasteiger partial charge in [0.25, 0.3) is 5.91 Å². The van der Waals surface area contributed by atoms with Crippen LogP contribution < -0.4 is 5.32 Å². The molecule has 1 amide bonds. The third-order valence-corrected chi connectivity index (χ3v) is 5.99. The number of fused-ring (bicyclic) bond motifs is 2. The number of nitrogens with zero attached hydrogens (tertiary/aromatic N) is 2. The van der Waals surface area contributed by atoms with Gasteiger partial charge in [0.05, 0.1) is 18.3 Å². The van der Waals surface area contributed by atoms with E-state index in [-0.39, 0.29) is 12.5 Å². The molecule has 7 heteroatoms. The Morgan fingerprint density at radius 2 is 1.96 bits per heavy atom. The number of aliphatic hydroxyl groups is 1. The highest BCUT2D eigenvalue weighted by atomic mass is 32.1. The summed E-state index contributed by atoms with van der Waals surface area (Å²) in [5.41, 5.74) is 0.853. The molecular formula is C18H15N3O2S2. The molecule has 1 atom stereocenters. The Labute approximate surface area is 152 Å². The van der Waals surface area contributed by atoms with E-state index in [2.05, 4.69) is 14.1 Å². The van der Waals surface area contributed by atoms with Gasteiger partial charge in [0.15, 0.2) is 0 Å². The fraction of sp³-hybridized carbons (Fsp3) is 0.167. The fourth-order valence-corrected chi connectivity index (χ4v) is 4.24. The van der Waals surface area contributed by atoms with Crippen LogP contribution in [0.25, 0.3) is 21.1 Å². The van der Waals surface area contributed by atoms with Gasteiger partial charge in [-0.25, -0.2) is 0 Å². The van der Waals surface area contributed by atoms with Crippen LogP contribution in [0.3, 0.4) is 0 Å². The number of carbonyl (C=O) groups is 1. The molecule has 5 nitrogen and oxygen atoms in total. The van der Waals surface area contributed by atoms with Gasteiger partial charge in [-0.1, -0.05) is 18.2 Å². The zero-order valence-corrected chi connectivity index (χ0v) is 15.0. The summed E-state index contributed by atoms with van der Waals surface area (Å²) >= 11 is 2.66. The largest absolute Gasteiger partial charge is 0.383 e. The van der Waals surface area contributed by atoms with Crippen molar-refractivity contribution in [1.29, 1.82) is 0 Å². The summed E-state index contributed by atoms with van der Waals surface area (Å²) in [6.45, 7) is 1.84. The van der Waals surface area contributed by atoms with Crippen LogP contribution in [0.1, 0.15) is 22.2 Å². The molecular weight excluding hydrogens is 354 g/mol. The van der Waals surface area contributed by atoms with Crippen LogP contribution >= 0.6 is 23.1 Å². The quantitative estimate of drug-likeness (QED) is 0.577. The molecule has 0 unspecified atom stereocenters. The van der Waals surface area contributed by atoms with Crippen LogP contribution in [-0.4, -0.2) is 26.3 Å². The molecule has 0 spiro atoms. The van der Waals surface area contributed by atoms with Crippen molar-refractivity contribution >= 4 is 50.1 Å². The molecule has 0 aliphatic rings. The molecule has 4 aromatic rings. The molecule has 25 heavy (non-hydrogen) atoms. The van der Waals surface area contributed by atoms with Crippen molar-refractivity contribution in [1.82, 2.24) is 14.1 Å². The normalized spacial score (nSPS) is 13.8. The smallest absolute Gasteiger partial charge is 0.251 e. The molecule has 4 rings (SSSR count). The summed E-state index contributed by atoms with van der Waals surface area (Å²) in [5.74, 6) is -0.240. The van der Waals surface area contributed by atoms with Gasteiger partial charge in [0.2, 0.25) is 0 Å². The first-order valence-electron chi connectivity index (χ1n) is 7.75. The van der Waals surface area contributed by atoms with Crippen molar-refractivity contribution in [3.05, 3.63) is 59.0 Å². The second-order valence-electron chi connectivity index (χ2n) is 6.07. The maximum atomic E-state index is 12.4. The molecule has 0 aliphatic heterocycles. The molecule has 0 saturated carbocycles. The first kappa shape index (κ1) is 16.1. The summed E-state index contributed by atoms with van der Waals surface area (Å²) in [5, 5.41) is 14.7. The summed E-state index contributed by atoms with van der Waals surface area (Å²) in [7, 11) is 0. The summed E-state index contributed by atoms with van der Waals surface area (Å²) in [6, 6.07) is 15.2. The van der Waals surface area contributed by atoms with Gasteiger partial charge >= 0.3 is 0 Å². The number of hydrogen-bond donors (Lipinski definition) is 2. The number of thiophene rings is 1. The number of carbonyl (C=O) groups excluding carboxylic acids is 1. The molecule has 0 fully saturated rings. The van der Waals surface area contributed by atoms with Crippen LogP contribution in [0.4, 0.5) is 0 Å². The second-order valence-corrected chi connectivity index (χ2v) is 7.68. The van der Waals surface area contributed by atoms with Crippen LogP contribution in [0.5, 0.6) is 0 Å². The first-order chi connectivity index (χ1) is 12.0.